The molecule has 1 aromatic heterocycles. The van der Waals surface area contributed by atoms with E-state index in [4.69, 9.17) is 23.2 Å². The minimum Gasteiger partial charge on any atom is -0.494 e. The van der Waals surface area contributed by atoms with Gasteiger partial charge in [-0.05, 0) is 24.3 Å². The van der Waals surface area contributed by atoms with E-state index < -0.39 is 0 Å². The highest BCUT2D eigenvalue weighted by Gasteiger charge is 2.14. The molecule has 0 aliphatic rings. The predicted molar refractivity (Wildman–Crippen MR) is 63.7 cm³/mol. The zero-order chi connectivity index (χ0) is 11.7. The number of benzene rings is 1. The molecule has 0 radical (unpaired) electrons. The summed E-state index contributed by atoms with van der Waals surface area (Å²) in [7, 11) is 0. The lowest BCUT2D eigenvalue weighted by atomic mass is 10.3. The summed E-state index contributed by atoms with van der Waals surface area (Å²) in [6, 6.07) is 8.17. The highest BCUT2D eigenvalue weighted by molar-refractivity contribution is 6.30. The topological polar surface area (TPSA) is 45.4 Å². The van der Waals surface area contributed by atoms with Gasteiger partial charge in [-0.1, -0.05) is 11.6 Å². The van der Waals surface area contributed by atoms with Gasteiger partial charge < -0.3 is 10.2 Å². The normalized spacial score (nSPS) is 10.6. The maximum atomic E-state index is 9.82. The van der Waals surface area contributed by atoms with E-state index in [0.29, 0.717) is 16.3 Å². The summed E-state index contributed by atoms with van der Waals surface area (Å²) in [6.45, 7) is 0. The number of nitrogens with zero attached hydrogens (tertiary/aromatic N) is 1. The molecule has 16 heavy (non-hydrogen) atoms. The van der Waals surface area contributed by atoms with E-state index in [1.807, 2.05) is 0 Å². The highest BCUT2D eigenvalue weighted by Crippen LogP contribution is 2.32. The Bertz CT molecular complexity index is 505. The van der Waals surface area contributed by atoms with E-state index in [0.717, 1.165) is 0 Å². The van der Waals surface area contributed by atoms with Crippen molar-refractivity contribution in [1.82, 2.24) is 4.57 Å². The number of hydrogen-bond donors (Lipinski definition) is 2. The van der Waals surface area contributed by atoms with Gasteiger partial charge in [-0.25, -0.2) is 0 Å². The minimum absolute atomic E-state index is 0.0597. The molecular weight excluding hydrogens is 249 g/mol. The Morgan fingerprint density at radius 2 is 1.75 bits per heavy atom. The van der Waals surface area contributed by atoms with Crippen LogP contribution in [0.15, 0.2) is 30.3 Å². The lowest BCUT2D eigenvalue weighted by Gasteiger charge is -2.06. The summed E-state index contributed by atoms with van der Waals surface area (Å²) in [6.07, 6.45) is 0. The van der Waals surface area contributed by atoms with Gasteiger partial charge in [0.15, 0.2) is 5.88 Å². The molecule has 84 valence electrons. The summed E-state index contributed by atoms with van der Waals surface area (Å²) in [5, 5.41) is 20.1. The van der Waals surface area contributed by atoms with Crippen LogP contribution in [0.5, 0.6) is 11.8 Å². The van der Waals surface area contributed by atoms with E-state index >= 15 is 0 Å². The van der Waals surface area contributed by atoms with Gasteiger partial charge in [-0.2, -0.15) is 0 Å². The maximum Gasteiger partial charge on any atom is 0.203 e. The van der Waals surface area contributed by atoms with Crippen molar-refractivity contribution in [2.45, 2.75) is 5.88 Å². The van der Waals surface area contributed by atoms with Crippen LogP contribution in [0.3, 0.4) is 0 Å². The first kappa shape index (κ1) is 11.2. The lowest BCUT2D eigenvalue weighted by Crippen LogP contribution is -1.92. The van der Waals surface area contributed by atoms with E-state index in [-0.39, 0.29) is 17.6 Å². The third-order valence-electron chi connectivity index (χ3n) is 2.26. The van der Waals surface area contributed by atoms with E-state index in [1.165, 1.54) is 10.6 Å². The average molecular weight is 258 g/mol. The lowest BCUT2D eigenvalue weighted by molar-refractivity contribution is 0.401. The van der Waals surface area contributed by atoms with Crippen molar-refractivity contribution < 1.29 is 10.2 Å². The van der Waals surface area contributed by atoms with Crippen LogP contribution in [0.25, 0.3) is 5.69 Å². The first-order chi connectivity index (χ1) is 7.63. The number of alkyl halides is 1. The summed E-state index contributed by atoms with van der Waals surface area (Å²) in [5.41, 5.74) is 1.10. The predicted octanol–water partition coefficient (Wildman–Crippen LogP) is 3.28. The van der Waals surface area contributed by atoms with E-state index in [2.05, 4.69) is 0 Å². The molecule has 0 spiro atoms. The van der Waals surface area contributed by atoms with Crippen LogP contribution in [0, 0.1) is 0 Å². The highest BCUT2D eigenvalue weighted by atomic mass is 35.5. The zero-order valence-corrected chi connectivity index (χ0v) is 9.70. The molecule has 0 saturated heterocycles. The summed E-state index contributed by atoms with van der Waals surface area (Å²) in [4.78, 5) is 0. The molecule has 0 amide bonds. The number of aromatic hydroxyl groups is 2. The van der Waals surface area contributed by atoms with Gasteiger partial charge in [0.1, 0.15) is 0 Å². The van der Waals surface area contributed by atoms with Crippen LogP contribution in [0.2, 0.25) is 5.02 Å². The smallest absolute Gasteiger partial charge is 0.203 e. The minimum atomic E-state index is -0.0603. The fourth-order valence-electron chi connectivity index (χ4n) is 1.48. The molecule has 1 heterocycles. The van der Waals surface area contributed by atoms with Crippen LogP contribution < -0.4 is 0 Å². The number of aromatic nitrogens is 1. The SMILES string of the molecule is Oc1cc(CCl)c(O)n1-c1ccc(Cl)cc1. The molecule has 3 nitrogen and oxygen atoms in total. The van der Waals surface area contributed by atoms with Crippen LogP contribution in [-0.4, -0.2) is 14.8 Å². The molecule has 0 atom stereocenters. The van der Waals surface area contributed by atoms with Gasteiger partial charge in [0.25, 0.3) is 0 Å². The van der Waals surface area contributed by atoms with Crippen molar-refractivity contribution in [3.05, 3.63) is 40.9 Å². The van der Waals surface area contributed by atoms with E-state index in [1.54, 1.807) is 24.3 Å². The molecule has 0 aliphatic carbocycles. The monoisotopic (exact) mass is 257 g/mol. The van der Waals surface area contributed by atoms with Crippen molar-refractivity contribution in [1.29, 1.82) is 0 Å². The van der Waals surface area contributed by atoms with Crippen molar-refractivity contribution >= 4 is 23.2 Å². The Morgan fingerprint density at radius 1 is 1.12 bits per heavy atom. The van der Waals surface area contributed by atoms with Crippen molar-refractivity contribution in [3.8, 4) is 17.4 Å². The first-order valence-corrected chi connectivity index (χ1v) is 5.49. The molecule has 0 saturated carbocycles. The molecule has 0 unspecified atom stereocenters. The standard InChI is InChI=1S/C11H9Cl2NO2/c12-6-7-5-10(15)14(11(7)16)9-3-1-8(13)2-4-9/h1-5,15-16H,6H2. The van der Waals surface area contributed by atoms with Crippen LogP contribution >= 0.6 is 23.2 Å². The molecule has 0 bridgehead atoms. The average Bonchev–Trinajstić information content (AvgIpc) is 2.56. The second kappa shape index (κ2) is 4.28. The number of halogens is 2. The number of hydrogen-bond acceptors (Lipinski definition) is 2. The molecule has 5 heteroatoms. The third-order valence-corrected chi connectivity index (χ3v) is 2.80. The Balaban J connectivity index is 2.55. The quantitative estimate of drug-likeness (QED) is 0.812. The Hall–Kier alpha value is -1.32. The van der Waals surface area contributed by atoms with Gasteiger partial charge in [-0.15, -0.1) is 11.6 Å². The fourth-order valence-corrected chi connectivity index (χ4v) is 1.80. The first-order valence-electron chi connectivity index (χ1n) is 4.58. The molecule has 2 aromatic rings. The Labute approximate surface area is 102 Å². The molecular formula is C11H9Cl2NO2. The van der Waals surface area contributed by atoms with Crippen molar-refractivity contribution in [2.24, 2.45) is 0 Å². The maximum absolute atomic E-state index is 9.82. The molecule has 0 fully saturated rings. The summed E-state index contributed by atoms with van der Waals surface area (Å²) < 4.78 is 1.30. The fraction of sp³-hybridized carbons (Fsp3) is 0.0909. The Kier molecular flexibility index (Phi) is 2.99. The second-order valence-corrected chi connectivity index (χ2v) is 4.00. The van der Waals surface area contributed by atoms with Crippen LogP contribution in [0.4, 0.5) is 0 Å². The summed E-state index contributed by atoms with van der Waals surface area (Å²) in [5.74, 6) is 0.0188. The van der Waals surface area contributed by atoms with E-state index in [9.17, 15) is 10.2 Å². The number of rotatable bonds is 2. The molecule has 2 rings (SSSR count). The van der Waals surface area contributed by atoms with Crippen LogP contribution in [0.1, 0.15) is 5.56 Å². The van der Waals surface area contributed by atoms with Gasteiger partial charge in [0.2, 0.25) is 5.88 Å². The van der Waals surface area contributed by atoms with Gasteiger partial charge in [-0.3, -0.25) is 4.57 Å². The Morgan fingerprint density at radius 3 is 2.25 bits per heavy atom. The molecule has 2 N–H and O–H groups in total. The molecule has 1 aromatic carbocycles. The second-order valence-electron chi connectivity index (χ2n) is 3.30. The summed E-state index contributed by atoms with van der Waals surface area (Å²) >= 11 is 11.4. The van der Waals surface area contributed by atoms with Gasteiger partial charge >= 0.3 is 0 Å². The van der Waals surface area contributed by atoms with Crippen LogP contribution in [-0.2, 0) is 5.88 Å². The largest absolute Gasteiger partial charge is 0.494 e. The van der Waals surface area contributed by atoms with Gasteiger partial charge in [0, 0.05) is 16.7 Å². The van der Waals surface area contributed by atoms with Crippen molar-refractivity contribution in [2.75, 3.05) is 0 Å². The van der Waals surface area contributed by atoms with Gasteiger partial charge in [0.05, 0.1) is 11.6 Å². The zero-order valence-electron chi connectivity index (χ0n) is 8.19. The third kappa shape index (κ3) is 1.84. The molecule has 0 aliphatic heterocycles. The van der Waals surface area contributed by atoms with Crippen molar-refractivity contribution in [3.63, 3.8) is 0 Å².